The molecule has 2 aliphatic carbocycles. The number of hydrogen-bond donors (Lipinski definition) is 1. The zero-order valence-corrected chi connectivity index (χ0v) is 24.1. The highest BCUT2D eigenvalue weighted by molar-refractivity contribution is 7.91. The number of amides is 1. The summed E-state index contributed by atoms with van der Waals surface area (Å²) in [5.41, 5.74) is 3.15. The van der Waals surface area contributed by atoms with Gasteiger partial charge in [-0.1, -0.05) is 25.0 Å². The van der Waals surface area contributed by atoms with Gasteiger partial charge in [0.15, 0.2) is 20.7 Å². The summed E-state index contributed by atoms with van der Waals surface area (Å²) in [4.78, 5) is 30.7. The normalized spacial score (nSPS) is 23.2. The molecule has 0 spiro atoms. The van der Waals surface area contributed by atoms with Crippen molar-refractivity contribution < 1.29 is 13.2 Å². The Morgan fingerprint density at radius 1 is 1.10 bits per heavy atom. The Morgan fingerprint density at radius 3 is 2.42 bits per heavy atom. The highest BCUT2D eigenvalue weighted by Gasteiger charge is 2.47. The number of thiazole rings is 1. The number of aromatic nitrogens is 3. The predicted octanol–water partition coefficient (Wildman–Crippen LogP) is 4.26. The molecule has 1 saturated heterocycles. The van der Waals surface area contributed by atoms with Crippen molar-refractivity contribution in [3.63, 3.8) is 0 Å². The van der Waals surface area contributed by atoms with Crippen LogP contribution in [0, 0.1) is 24.2 Å². The Bertz CT molecular complexity index is 1540. The second-order valence-electron chi connectivity index (χ2n) is 11.2. The summed E-state index contributed by atoms with van der Waals surface area (Å²) >= 11 is 1.54. The molecule has 11 heteroatoms. The van der Waals surface area contributed by atoms with Gasteiger partial charge in [-0.25, -0.2) is 23.4 Å². The largest absolute Gasteiger partial charge is 0.369 e. The molecule has 0 bridgehead atoms. The average Bonchev–Trinajstić information content (AvgIpc) is 3.60. The molecule has 2 aromatic heterocycles. The minimum atomic E-state index is -2.95. The SMILES string of the molecule is Cc1cnc(-c2nc(C3CCCCC3C(=O)NC3(C#N)CC3)c(-c3ccc(N4CCS(=O)(=O)CC4)cc3)s2)nc1. The number of hydrogen-bond acceptors (Lipinski definition) is 9. The topological polar surface area (TPSA) is 129 Å². The molecule has 2 atom stereocenters. The van der Waals surface area contributed by atoms with E-state index in [4.69, 9.17) is 4.98 Å². The van der Waals surface area contributed by atoms with E-state index in [0.717, 1.165) is 58.1 Å². The highest BCUT2D eigenvalue weighted by Crippen LogP contribution is 2.46. The minimum Gasteiger partial charge on any atom is -0.369 e. The van der Waals surface area contributed by atoms with Crippen LogP contribution in [0.2, 0.25) is 0 Å². The molecule has 6 rings (SSSR count). The van der Waals surface area contributed by atoms with Gasteiger partial charge in [-0.15, -0.1) is 11.3 Å². The molecule has 1 aromatic carbocycles. The zero-order chi connectivity index (χ0) is 27.9. The van der Waals surface area contributed by atoms with E-state index < -0.39 is 15.4 Å². The third kappa shape index (κ3) is 5.47. The molecule has 2 saturated carbocycles. The quantitative estimate of drug-likeness (QED) is 0.461. The van der Waals surface area contributed by atoms with E-state index in [2.05, 4.69) is 38.4 Å². The van der Waals surface area contributed by atoms with Crippen LogP contribution >= 0.6 is 11.3 Å². The van der Waals surface area contributed by atoms with E-state index >= 15 is 0 Å². The van der Waals surface area contributed by atoms with E-state index in [9.17, 15) is 18.5 Å². The number of rotatable bonds is 6. The summed E-state index contributed by atoms with van der Waals surface area (Å²) in [5, 5.41) is 13.3. The van der Waals surface area contributed by atoms with Crippen molar-refractivity contribution in [1.82, 2.24) is 20.3 Å². The second kappa shape index (κ2) is 10.6. The molecule has 40 heavy (non-hydrogen) atoms. The minimum absolute atomic E-state index is 0.0498. The van der Waals surface area contributed by atoms with Gasteiger partial charge in [-0.3, -0.25) is 4.79 Å². The second-order valence-corrected chi connectivity index (χ2v) is 14.5. The van der Waals surface area contributed by atoms with Crippen LogP contribution in [0.25, 0.3) is 21.3 Å². The highest BCUT2D eigenvalue weighted by atomic mass is 32.2. The first-order valence-corrected chi connectivity index (χ1v) is 16.5. The summed E-state index contributed by atoms with van der Waals surface area (Å²) in [7, 11) is -2.95. The lowest BCUT2D eigenvalue weighted by Gasteiger charge is -2.31. The van der Waals surface area contributed by atoms with Crippen LogP contribution < -0.4 is 10.2 Å². The number of benzene rings is 1. The molecule has 1 N–H and O–H groups in total. The summed E-state index contributed by atoms with van der Waals surface area (Å²) < 4.78 is 23.8. The summed E-state index contributed by atoms with van der Waals surface area (Å²) in [6.07, 6.45) is 8.58. The number of anilines is 1. The van der Waals surface area contributed by atoms with Crippen molar-refractivity contribution in [2.75, 3.05) is 29.5 Å². The summed E-state index contributed by atoms with van der Waals surface area (Å²) in [5.74, 6) is 0.541. The van der Waals surface area contributed by atoms with Crippen LogP contribution in [-0.2, 0) is 14.6 Å². The Balaban J connectivity index is 1.35. The molecule has 3 heterocycles. The van der Waals surface area contributed by atoms with E-state index in [1.54, 1.807) is 12.4 Å². The molecule has 0 radical (unpaired) electrons. The lowest BCUT2D eigenvalue weighted by Crippen LogP contribution is -2.42. The lowest BCUT2D eigenvalue weighted by atomic mass is 9.76. The van der Waals surface area contributed by atoms with Gasteiger partial charge in [-0.05, 0) is 55.9 Å². The van der Waals surface area contributed by atoms with Gasteiger partial charge >= 0.3 is 0 Å². The van der Waals surface area contributed by atoms with Gasteiger partial charge in [0.05, 0.1) is 28.1 Å². The van der Waals surface area contributed by atoms with Crippen LogP contribution in [-0.4, -0.2) is 59.4 Å². The van der Waals surface area contributed by atoms with Crippen molar-refractivity contribution in [2.45, 2.75) is 56.9 Å². The number of nitriles is 1. The predicted molar refractivity (Wildman–Crippen MR) is 155 cm³/mol. The molecule has 9 nitrogen and oxygen atoms in total. The number of nitrogens with one attached hydrogen (secondary N) is 1. The van der Waals surface area contributed by atoms with Crippen LogP contribution in [0.5, 0.6) is 0 Å². The Morgan fingerprint density at radius 2 is 1.77 bits per heavy atom. The summed E-state index contributed by atoms with van der Waals surface area (Å²) in [6.45, 7) is 2.93. The van der Waals surface area contributed by atoms with Crippen molar-refractivity contribution in [3.8, 4) is 27.3 Å². The van der Waals surface area contributed by atoms with Gasteiger partial charge in [0.25, 0.3) is 0 Å². The van der Waals surface area contributed by atoms with Crippen LogP contribution in [0.4, 0.5) is 5.69 Å². The maximum absolute atomic E-state index is 13.5. The Kier molecular flexibility index (Phi) is 7.09. The summed E-state index contributed by atoms with van der Waals surface area (Å²) in [6, 6.07) is 10.5. The van der Waals surface area contributed by atoms with Gasteiger partial charge in [0.2, 0.25) is 5.91 Å². The molecule has 1 amide bonds. The monoisotopic (exact) mass is 576 g/mol. The first kappa shape index (κ1) is 26.8. The smallest absolute Gasteiger partial charge is 0.225 e. The van der Waals surface area contributed by atoms with Crippen molar-refractivity contribution in [2.24, 2.45) is 5.92 Å². The molecular weight excluding hydrogens is 544 g/mol. The first-order chi connectivity index (χ1) is 19.3. The number of sulfone groups is 1. The van der Waals surface area contributed by atoms with E-state index in [0.29, 0.717) is 31.8 Å². The van der Waals surface area contributed by atoms with Gasteiger partial charge < -0.3 is 10.2 Å². The fourth-order valence-electron chi connectivity index (χ4n) is 5.67. The number of nitrogens with zero attached hydrogens (tertiary/aromatic N) is 5. The standard InChI is InChI=1S/C29H32N6O3S2/c1-19-16-31-26(32-17-19)28-33-24(22-4-2-3-5-23(22)27(36)34-29(18-30)10-11-29)25(39-28)20-6-8-21(9-7-20)35-12-14-40(37,38)15-13-35/h6-9,16-17,22-23H,2-5,10-15H2,1H3,(H,34,36). The molecule has 1 aliphatic heterocycles. The van der Waals surface area contributed by atoms with Crippen molar-refractivity contribution >= 4 is 32.8 Å². The molecule has 3 aromatic rings. The van der Waals surface area contributed by atoms with Gasteiger partial charge in [0.1, 0.15) is 5.54 Å². The Hall–Kier alpha value is -3.36. The van der Waals surface area contributed by atoms with Crippen molar-refractivity contribution in [1.29, 1.82) is 5.26 Å². The molecule has 2 unspecified atom stereocenters. The number of carbonyl (C=O) groups excluding carboxylic acids is 1. The third-order valence-electron chi connectivity index (χ3n) is 8.25. The fraction of sp³-hybridized carbons (Fsp3) is 0.483. The molecule has 3 aliphatic rings. The van der Waals surface area contributed by atoms with Crippen molar-refractivity contribution in [3.05, 3.63) is 47.9 Å². The van der Waals surface area contributed by atoms with E-state index in [-0.39, 0.29) is 29.2 Å². The molecule has 208 valence electrons. The van der Waals surface area contributed by atoms with Gasteiger partial charge in [0, 0.05) is 43.0 Å². The van der Waals surface area contributed by atoms with E-state index in [1.807, 2.05) is 19.1 Å². The van der Waals surface area contributed by atoms with Gasteiger partial charge in [-0.2, -0.15) is 5.26 Å². The lowest BCUT2D eigenvalue weighted by molar-refractivity contribution is -0.127. The zero-order valence-electron chi connectivity index (χ0n) is 22.5. The molecular formula is C29H32N6O3S2. The number of carbonyl (C=O) groups is 1. The third-order valence-corrected chi connectivity index (χ3v) is 11.0. The van der Waals surface area contributed by atoms with Crippen LogP contribution in [0.15, 0.2) is 36.7 Å². The number of aryl methyl sites for hydroxylation is 1. The maximum atomic E-state index is 13.5. The fourth-order valence-corrected chi connectivity index (χ4v) is 7.96. The first-order valence-electron chi connectivity index (χ1n) is 13.8. The Labute approximate surface area is 238 Å². The van der Waals surface area contributed by atoms with Crippen LogP contribution in [0.3, 0.4) is 0 Å². The average molecular weight is 577 g/mol. The molecule has 3 fully saturated rings. The van der Waals surface area contributed by atoms with E-state index in [1.165, 1.54) is 11.3 Å². The van der Waals surface area contributed by atoms with Crippen LogP contribution in [0.1, 0.15) is 55.7 Å². The maximum Gasteiger partial charge on any atom is 0.225 e.